The number of fused-ring (bicyclic) bond motifs is 1. The molecule has 2 aromatic rings. The standard InChI is InChI=1S/C14H16BrN3O2/c15-11-6-10(8-16-9-13-17-2-3-18-13)7-12-14(11)20-5-1-4-19-12/h2-3,6-7,16H,1,4-5,8-9H2,(H,17,18). The topological polar surface area (TPSA) is 59.2 Å². The molecule has 0 bridgehead atoms. The van der Waals surface area contributed by atoms with Crippen LogP contribution >= 0.6 is 15.9 Å². The lowest BCUT2D eigenvalue weighted by Crippen LogP contribution is -2.13. The zero-order valence-electron chi connectivity index (χ0n) is 11.0. The van der Waals surface area contributed by atoms with Crippen LogP contribution in [0.2, 0.25) is 0 Å². The third-order valence-corrected chi connectivity index (χ3v) is 3.63. The second-order valence-electron chi connectivity index (χ2n) is 4.59. The smallest absolute Gasteiger partial charge is 0.175 e. The number of ether oxygens (including phenoxy) is 2. The van der Waals surface area contributed by atoms with E-state index < -0.39 is 0 Å². The van der Waals surface area contributed by atoms with Crippen LogP contribution in [0.25, 0.3) is 0 Å². The summed E-state index contributed by atoms with van der Waals surface area (Å²) in [6.45, 7) is 2.85. The van der Waals surface area contributed by atoms with E-state index in [0.717, 1.165) is 40.3 Å². The molecular weight excluding hydrogens is 322 g/mol. The fourth-order valence-corrected chi connectivity index (χ4v) is 2.71. The first-order valence-corrected chi connectivity index (χ1v) is 7.39. The molecule has 0 atom stereocenters. The van der Waals surface area contributed by atoms with Gasteiger partial charge < -0.3 is 19.8 Å². The maximum atomic E-state index is 5.72. The maximum absolute atomic E-state index is 5.72. The molecule has 20 heavy (non-hydrogen) atoms. The van der Waals surface area contributed by atoms with Gasteiger partial charge in [-0.05, 0) is 33.6 Å². The zero-order chi connectivity index (χ0) is 13.8. The number of benzene rings is 1. The second-order valence-corrected chi connectivity index (χ2v) is 5.45. The zero-order valence-corrected chi connectivity index (χ0v) is 12.6. The molecule has 0 saturated carbocycles. The van der Waals surface area contributed by atoms with Gasteiger partial charge in [-0.15, -0.1) is 0 Å². The number of rotatable bonds is 4. The lowest BCUT2D eigenvalue weighted by Gasteiger charge is -2.12. The predicted octanol–water partition coefficient (Wildman–Crippen LogP) is 2.62. The van der Waals surface area contributed by atoms with E-state index in [9.17, 15) is 0 Å². The molecule has 1 aromatic heterocycles. The van der Waals surface area contributed by atoms with E-state index in [0.29, 0.717) is 19.8 Å². The molecule has 0 aliphatic carbocycles. The van der Waals surface area contributed by atoms with Crippen molar-refractivity contribution in [2.24, 2.45) is 0 Å². The highest BCUT2D eigenvalue weighted by molar-refractivity contribution is 9.10. The molecule has 0 fully saturated rings. The summed E-state index contributed by atoms with van der Waals surface area (Å²) >= 11 is 3.55. The lowest BCUT2D eigenvalue weighted by atomic mass is 10.2. The highest BCUT2D eigenvalue weighted by Gasteiger charge is 2.15. The van der Waals surface area contributed by atoms with Crippen molar-refractivity contribution in [1.29, 1.82) is 0 Å². The Kier molecular flexibility index (Phi) is 4.22. The quantitative estimate of drug-likeness (QED) is 0.900. The summed E-state index contributed by atoms with van der Waals surface area (Å²) in [5.74, 6) is 2.54. The number of hydrogen-bond acceptors (Lipinski definition) is 4. The van der Waals surface area contributed by atoms with E-state index in [4.69, 9.17) is 9.47 Å². The minimum Gasteiger partial charge on any atom is -0.490 e. The van der Waals surface area contributed by atoms with Gasteiger partial charge in [-0.2, -0.15) is 0 Å². The van der Waals surface area contributed by atoms with Crippen molar-refractivity contribution in [2.45, 2.75) is 19.5 Å². The van der Waals surface area contributed by atoms with Gasteiger partial charge in [0.15, 0.2) is 11.5 Å². The second kappa shape index (κ2) is 6.28. The number of aromatic nitrogens is 2. The van der Waals surface area contributed by atoms with Gasteiger partial charge in [-0.25, -0.2) is 4.98 Å². The minimum absolute atomic E-state index is 0.696. The first-order chi connectivity index (χ1) is 9.83. The van der Waals surface area contributed by atoms with Crippen LogP contribution in [-0.2, 0) is 13.1 Å². The summed E-state index contributed by atoms with van der Waals surface area (Å²) in [5.41, 5.74) is 1.15. The first kappa shape index (κ1) is 13.5. The molecule has 6 heteroatoms. The van der Waals surface area contributed by atoms with E-state index in [2.05, 4.69) is 37.3 Å². The first-order valence-electron chi connectivity index (χ1n) is 6.60. The molecule has 0 spiro atoms. The Bertz CT molecular complexity index is 572. The molecule has 2 heterocycles. The Hall–Kier alpha value is -1.53. The Morgan fingerprint density at radius 1 is 1.25 bits per heavy atom. The van der Waals surface area contributed by atoms with Gasteiger partial charge in [0, 0.05) is 25.4 Å². The monoisotopic (exact) mass is 337 g/mol. The number of hydrogen-bond donors (Lipinski definition) is 2. The van der Waals surface area contributed by atoms with Crippen LogP contribution < -0.4 is 14.8 Å². The van der Waals surface area contributed by atoms with Gasteiger partial charge in [0.05, 0.1) is 24.2 Å². The van der Waals surface area contributed by atoms with Gasteiger partial charge in [-0.1, -0.05) is 0 Å². The summed E-state index contributed by atoms with van der Waals surface area (Å²) in [4.78, 5) is 7.24. The van der Waals surface area contributed by atoms with E-state index in [1.165, 1.54) is 0 Å². The molecule has 106 valence electrons. The largest absolute Gasteiger partial charge is 0.490 e. The molecule has 2 N–H and O–H groups in total. The Balaban J connectivity index is 1.67. The number of halogens is 1. The summed E-state index contributed by atoms with van der Waals surface area (Å²) < 4.78 is 12.3. The van der Waals surface area contributed by atoms with Crippen LogP contribution in [0.5, 0.6) is 11.5 Å². The molecule has 1 aliphatic heterocycles. The summed E-state index contributed by atoms with van der Waals surface area (Å²) in [6.07, 6.45) is 4.48. The summed E-state index contributed by atoms with van der Waals surface area (Å²) in [6, 6.07) is 4.09. The van der Waals surface area contributed by atoms with Crippen LogP contribution in [0.1, 0.15) is 17.8 Å². The molecule has 3 rings (SSSR count). The van der Waals surface area contributed by atoms with Gasteiger partial charge in [0.1, 0.15) is 5.82 Å². The lowest BCUT2D eigenvalue weighted by molar-refractivity contribution is 0.296. The molecule has 0 amide bonds. The fourth-order valence-electron chi connectivity index (χ4n) is 2.11. The van der Waals surface area contributed by atoms with E-state index >= 15 is 0 Å². The van der Waals surface area contributed by atoms with Crippen molar-refractivity contribution in [3.8, 4) is 11.5 Å². The van der Waals surface area contributed by atoms with Gasteiger partial charge in [-0.3, -0.25) is 0 Å². The summed E-state index contributed by atoms with van der Waals surface area (Å²) in [5, 5.41) is 3.34. The number of aromatic amines is 1. The van der Waals surface area contributed by atoms with Gasteiger partial charge >= 0.3 is 0 Å². The van der Waals surface area contributed by atoms with Crippen LogP contribution in [-0.4, -0.2) is 23.2 Å². The van der Waals surface area contributed by atoms with E-state index in [1.807, 2.05) is 12.3 Å². The van der Waals surface area contributed by atoms with Crippen molar-refractivity contribution in [3.63, 3.8) is 0 Å². The number of nitrogens with zero attached hydrogens (tertiary/aromatic N) is 1. The summed E-state index contributed by atoms with van der Waals surface area (Å²) in [7, 11) is 0. The average Bonchev–Trinajstić information content (AvgIpc) is 2.83. The Morgan fingerprint density at radius 3 is 3.00 bits per heavy atom. The number of H-pyrrole nitrogens is 1. The average molecular weight is 338 g/mol. The van der Waals surface area contributed by atoms with Crippen LogP contribution in [0.4, 0.5) is 0 Å². The van der Waals surface area contributed by atoms with Crippen molar-refractivity contribution >= 4 is 15.9 Å². The van der Waals surface area contributed by atoms with Crippen molar-refractivity contribution in [1.82, 2.24) is 15.3 Å². The van der Waals surface area contributed by atoms with E-state index in [1.54, 1.807) is 6.20 Å². The fraction of sp³-hybridized carbons (Fsp3) is 0.357. The van der Waals surface area contributed by atoms with Crippen molar-refractivity contribution in [2.75, 3.05) is 13.2 Å². The molecule has 0 unspecified atom stereocenters. The van der Waals surface area contributed by atoms with Gasteiger partial charge in [0.2, 0.25) is 0 Å². The number of nitrogens with one attached hydrogen (secondary N) is 2. The molecule has 0 saturated heterocycles. The molecule has 1 aromatic carbocycles. The maximum Gasteiger partial charge on any atom is 0.175 e. The molecule has 5 nitrogen and oxygen atoms in total. The van der Waals surface area contributed by atoms with Crippen LogP contribution in [0.15, 0.2) is 29.0 Å². The predicted molar refractivity (Wildman–Crippen MR) is 78.9 cm³/mol. The SMILES string of the molecule is Brc1cc(CNCc2ncc[nH]2)cc2c1OCCCO2. The Morgan fingerprint density at radius 2 is 2.15 bits per heavy atom. The van der Waals surface area contributed by atoms with Gasteiger partial charge in [0.25, 0.3) is 0 Å². The molecule has 0 radical (unpaired) electrons. The highest BCUT2D eigenvalue weighted by Crippen LogP contribution is 2.38. The van der Waals surface area contributed by atoms with Crippen molar-refractivity contribution in [3.05, 3.63) is 40.4 Å². The third kappa shape index (κ3) is 3.13. The molecular formula is C14H16BrN3O2. The van der Waals surface area contributed by atoms with Crippen LogP contribution in [0.3, 0.4) is 0 Å². The van der Waals surface area contributed by atoms with Crippen molar-refractivity contribution < 1.29 is 9.47 Å². The van der Waals surface area contributed by atoms with E-state index in [-0.39, 0.29) is 0 Å². The minimum atomic E-state index is 0.696. The highest BCUT2D eigenvalue weighted by atomic mass is 79.9. The third-order valence-electron chi connectivity index (χ3n) is 3.04. The normalized spacial score (nSPS) is 14.1. The molecule has 1 aliphatic rings. The Labute approximate surface area is 125 Å². The van der Waals surface area contributed by atoms with Crippen LogP contribution in [0, 0.1) is 0 Å². The number of imidazole rings is 1.